The number of ether oxygens (including phenoxy) is 1. The molecule has 0 aliphatic heterocycles. The van der Waals surface area contributed by atoms with Crippen LogP contribution in [0.1, 0.15) is 45.2 Å². The summed E-state index contributed by atoms with van der Waals surface area (Å²) in [6.45, 7) is 7.79. The Morgan fingerprint density at radius 3 is 2.22 bits per heavy atom. The molecular weight excluding hydrogens is 296 g/mol. The van der Waals surface area contributed by atoms with Gasteiger partial charge in [-0.1, -0.05) is 45.0 Å². The van der Waals surface area contributed by atoms with Crippen LogP contribution >= 0.6 is 0 Å². The zero-order valence-corrected chi connectivity index (χ0v) is 14.0. The Labute approximate surface area is 136 Å². The molecule has 1 aromatic rings. The molecule has 0 heterocycles. The van der Waals surface area contributed by atoms with Gasteiger partial charge in [-0.15, -0.1) is 0 Å². The van der Waals surface area contributed by atoms with Crippen LogP contribution in [0.15, 0.2) is 24.3 Å². The van der Waals surface area contributed by atoms with E-state index in [4.69, 9.17) is 10.5 Å². The predicted octanol–water partition coefficient (Wildman–Crippen LogP) is 2.04. The Morgan fingerprint density at radius 2 is 1.74 bits per heavy atom. The molecule has 0 saturated carbocycles. The van der Waals surface area contributed by atoms with Crippen molar-refractivity contribution in [2.45, 2.75) is 52.1 Å². The number of aryl methyl sites for hydroxylation is 1. The van der Waals surface area contributed by atoms with Crippen molar-refractivity contribution in [3.63, 3.8) is 0 Å². The maximum atomic E-state index is 11.7. The number of benzene rings is 1. The molecule has 1 aromatic carbocycles. The number of urea groups is 1. The van der Waals surface area contributed by atoms with Crippen LogP contribution in [0.2, 0.25) is 0 Å². The molecule has 0 saturated heterocycles. The molecule has 0 aromatic heterocycles. The third-order valence-corrected chi connectivity index (χ3v) is 3.36. The standard InChI is InChI=1S/C17H24N2O4/c1-11(15(21)19-16(18)22)23-14(20)10-7-12-5-8-13(9-6-12)17(2,3)4/h5-6,8-9,11H,7,10H2,1-4H3,(H3,18,19,21,22)/t11-/m1/s1. The minimum atomic E-state index is -1.06. The Balaban J connectivity index is 2.47. The van der Waals surface area contributed by atoms with Crippen LogP contribution in [0.4, 0.5) is 4.79 Å². The van der Waals surface area contributed by atoms with Crippen molar-refractivity contribution in [2.75, 3.05) is 0 Å². The normalized spacial score (nSPS) is 12.3. The van der Waals surface area contributed by atoms with Crippen molar-refractivity contribution < 1.29 is 19.1 Å². The van der Waals surface area contributed by atoms with Crippen LogP contribution < -0.4 is 11.1 Å². The molecule has 3 amide bonds. The molecule has 0 radical (unpaired) electrons. The molecule has 0 aliphatic carbocycles. The Hall–Kier alpha value is -2.37. The van der Waals surface area contributed by atoms with Gasteiger partial charge in [0.15, 0.2) is 6.10 Å². The summed E-state index contributed by atoms with van der Waals surface area (Å²) >= 11 is 0. The van der Waals surface area contributed by atoms with Crippen LogP contribution in [0.5, 0.6) is 0 Å². The molecule has 0 aliphatic rings. The number of imide groups is 1. The molecule has 6 heteroatoms. The van der Waals surface area contributed by atoms with Gasteiger partial charge < -0.3 is 10.5 Å². The van der Waals surface area contributed by atoms with Crippen molar-refractivity contribution in [1.29, 1.82) is 0 Å². The fraction of sp³-hybridized carbons (Fsp3) is 0.471. The van der Waals surface area contributed by atoms with E-state index >= 15 is 0 Å². The second-order valence-corrected chi connectivity index (χ2v) is 6.43. The van der Waals surface area contributed by atoms with Crippen molar-refractivity contribution in [3.05, 3.63) is 35.4 Å². The number of hydrogen-bond donors (Lipinski definition) is 2. The lowest BCUT2D eigenvalue weighted by Gasteiger charge is -2.19. The van der Waals surface area contributed by atoms with Gasteiger partial charge in [-0.05, 0) is 29.9 Å². The smallest absolute Gasteiger partial charge is 0.318 e. The number of esters is 1. The summed E-state index contributed by atoms with van der Waals surface area (Å²) in [6, 6.07) is 7.08. The SMILES string of the molecule is C[C@@H](OC(=O)CCc1ccc(C(C)(C)C)cc1)C(=O)NC(N)=O. The molecule has 0 spiro atoms. The minimum Gasteiger partial charge on any atom is -0.453 e. The quantitative estimate of drug-likeness (QED) is 0.811. The number of primary amides is 1. The van der Waals surface area contributed by atoms with E-state index in [-0.39, 0.29) is 11.8 Å². The molecule has 23 heavy (non-hydrogen) atoms. The monoisotopic (exact) mass is 320 g/mol. The number of amides is 3. The van der Waals surface area contributed by atoms with Gasteiger partial charge in [-0.25, -0.2) is 4.79 Å². The van der Waals surface area contributed by atoms with Crippen LogP contribution in [0.25, 0.3) is 0 Å². The second-order valence-electron chi connectivity index (χ2n) is 6.43. The molecular formula is C17H24N2O4. The number of hydrogen-bond acceptors (Lipinski definition) is 4. The number of carbonyl (C=O) groups excluding carboxylic acids is 3. The topological polar surface area (TPSA) is 98.5 Å². The first-order chi connectivity index (χ1) is 10.6. The summed E-state index contributed by atoms with van der Waals surface area (Å²) < 4.78 is 4.95. The number of carbonyl (C=O) groups is 3. The lowest BCUT2D eigenvalue weighted by atomic mass is 9.86. The summed E-state index contributed by atoms with van der Waals surface area (Å²) in [4.78, 5) is 33.7. The number of rotatable bonds is 5. The molecule has 1 atom stereocenters. The lowest BCUT2D eigenvalue weighted by molar-refractivity contribution is -0.154. The molecule has 0 unspecified atom stereocenters. The highest BCUT2D eigenvalue weighted by Gasteiger charge is 2.19. The zero-order valence-electron chi connectivity index (χ0n) is 14.0. The van der Waals surface area contributed by atoms with Gasteiger partial charge in [-0.3, -0.25) is 14.9 Å². The van der Waals surface area contributed by atoms with E-state index in [1.54, 1.807) is 0 Å². The lowest BCUT2D eigenvalue weighted by Crippen LogP contribution is -2.42. The van der Waals surface area contributed by atoms with Crippen molar-refractivity contribution in [2.24, 2.45) is 5.73 Å². The average molecular weight is 320 g/mol. The number of nitrogens with one attached hydrogen (secondary N) is 1. The van der Waals surface area contributed by atoms with E-state index in [2.05, 4.69) is 20.8 Å². The van der Waals surface area contributed by atoms with Crippen LogP contribution in [0.3, 0.4) is 0 Å². The second kappa shape index (κ2) is 7.76. The summed E-state index contributed by atoms with van der Waals surface area (Å²) in [5.74, 6) is -1.24. The summed E-state index contributed by atoms with van der Waals surface area (Å²) in [5.41, 5.74) is 7.15. The molecule has 0 bridgehead atoms. The van der Waals surface area contributed by atoms with Crippen LogP contribution in [0, 0.1) is 0 Å². The van der Waals surface area contributed by atoms with Crippen molar-refractivity contribution >= 4 is 17.9 Å². The van der Waals surface area contributed by atoms with Gasteiger partial charge in [0.25, 0.3) is 5.91 Å². The molecule has 3 N–H and O–H groups in total. The first-order valence-electron chi connectivity index (χ1n) is 7.49. The first kappa shape index (κ1) is 18.7. The van der Waals surface area contributed by atoms with Gasteiger partial charge in [0.2, 0.25) is 0 Å². The maximum Gasteiger partial charge on any atom is 0.318 e. The van der Waals surface area contributed by atoms with E-state index in [1.807, 2.05) is 29.6 Å². The Bertz CT molecular complexity index is 573. The summed E-state index contributed by atoms with van der Waals surface area (Å²) in [7, 11) is 0. The van der Waals surface area contributed by atoms with Crippen LogP contribution in [-0.4, -0.2) is 24.0 Å². The molecule has 0 fully saturated rings. The van der Waals surface area contributed by atoms with Crippen molar-refractivity contribution in [1.82, 2.24) is 5.32 Å². The summed E-state index contributed by atoms with van der Waals surface area (Å²) in [6.07, 6.45) is -0.380. The maximum absolute atomic E-state index is 11.7. The molecule has 1 rings (SSSR count). The Kier molecular flexibility index (Phi) is 6.30. The Morgan fingerprint density at radius 1 is 1.17 bits per heavy atom. The van der Waals surface area contributed by atoms with Gasteiger partial charge in [0.1, 0.15) is 0 Å². The highest BCUT2D eigenvalue weighted by molar-refractivity contribution is 5.96. The van der Waals surface area contributed by atoms with Gasteiger partial charge >= 0.3 is 12.0 Å². The fourth-order valence-electron chi connectivity index (χ4n) is 1.95. The van der Waals surface area contributed by atoms with E-state index in [9.17, 15) is 14.4 Å². The van der Waals surface area contributed by atoms with E-state index in [0.29, 0.717) is 6.42 Å². The van der Waals surface area contributed by atoms with Gasteiger partial charge in [-0.2, -0.15) is 0 Å². The zero-order chi connectivity index (χ0) is 17.6. The highest BCUT2D eigenvalue weighted by Crippen LogP contribution is 2.22. The summed E-state index contributed by atoms with van der Waals surface area (Å²) in [5, 5.41) is 1.86. The molecule has 126 valence electrons. The van der Waals surface area contributed by atoms with E-state index in [0.717, 1.165) is 5.56 Å². The fourth-order valence-corrected chi connectivity index (χ4v) is 1.95. The average Bonchev–Trinajstić information content (AvgIpc) is 2.43. The third-order valence-electron chi connectivity index (χ3n) is 3.36. The van der Waals surface area contributed by atoms with Crippen LogP contribution in [-0.2, 0) is 26.2 Å². The third kappa shape index (κ3) is 6.50. The van der Waals surface area contributed by atoms with Gasteiger partial charge in [0.05, 0.1) is 0 Å². The van der Waals surface area contributed by atoms with Crippen molar-refractivity contribution in [3.8, 4) is 0 Å². The minimum absolute atomic E-state index is 0.0840. The largest absolute Gasteiger partial charge is 0.453 e. The van der Waals surface area contributed by atoms with E-state index < -0.39 is 24.0 Å². The molecule has 6 nitrogen and oxygen atoms in total. The highest BCUT2D eigenvalue weighted by atomic mass is 16.5. The first-order valence-corrected chi connectivity index (χ1v) is 7.49. The number of nitrogens with two attached hydrogens (primary N) is 1. The van der Waals surface area contributed by atoms with E-state index in [1.165, 1.54) is 12.5 Å². The predicted molar refractivity (Wildman–Crippen MR) is 86.7 cm³/mol. The van der Waals surface area contributed by atoms with Gasteiger partial charge in [0, 0.05) is 6.42 Å².